The predicted octanol–water partition coefficient (Wildman–Crippen LogP) is 1.42. The molecule has 1 aromatic heterocycles. The minimum Gasteiger partial charge on any atom is -0.390 e. The highest BCUT2D eigenvalue weighted by molar-refractivity contribution is 5.20. The summed E-state index contributed by atoms with van der Waals surface area (Å²) in [5.74, 6) is 0.803. The number of nitrogens with zero attached hydrogens (tertiary/aromatic N) is 4. The van der Waals surface area contributed by atoms with Gasteiger partial charge < -0.3 is 5.11 Å². The van der Waals surface area contributed by atoms with Gasteiger partial charge in [0.05, 0.1) is 17.6 Å². The Kier molecular flexibility index (Phi) is 4.21. The Balaban J connectivity index is 1.55. The molecule has 3 unspecified atom stereocenters. The van der Waals surface area contributed by atoms with Crippen LogP contribution in [-0.4, -0.2) is 49.9 Å². The first-order chi connectivity index (χ1) is 10.1. The number of aliphatic hydroxyl groups excluding tert-OH is 1. The number of hydrogen-bond acceptors (Lipinski definition) is 5. The van der Waals surface area contributed by atoms with Crippen LogP contribution in [0.1, 0.15) is 32.1 Å². The Labute approximate surface area is 123 Å². The smallest absolute Gasteiger partial charge is 0.306 e. The maximum atomic E-state index is 10.6. The second-order valence-corrected chi connectivity index (χ2v) is 6.23. The van der Waals surface area contributed by atoms with E-state index in [9.17, 15) is 15.2 Å². The van der Waals surface area contributed by atoms with Crippen LogP contribution in [0, 0.1) is 16.0 Å². The molecule has 0 bridgehead atoms. The zero-order chi connectivity index (χ0) is 14.8. The minimum absolute atomic E-state index is 0.0315. The zero-order valence-corrected chi connectivity index (χ0v) is 12.1. The van der Waals surface area contributed by atoms with Crippen molar-refractivity contribution in [3.63, 3.8) is 0 Å². The summed E-state index contributed by atoms with van der Waals surface area (Å²) in [6, 6.07) is 0.625. The fraction of sp³-hybridized carbons (Fsp3) is 0.786. The number of aromatic nitrogens is 2. The molecule has 1 aliphatic heterocycles. The molecule has 0 amide bonds. The van der Waals surface area contributed by atoms with E-state index in [0.29, 0.717) is 19.1 Å². The van der Waals surface area contributed by atoms with E-state index in [1.807, 2.05) is 0 Å². The summed E-state index contributed by atoms with van der Waals surface area (Å²) in [6.07, 6.45) is 8.45. The molecule has 1 aliphatic carbocycles. The van der Waals surface area contributed by atoms with Crippen LogP contribution < -0.4 is 0 Å². The van der Waals surface area contributed by atoms with Crippen LogP contribution in [0.25, 0.3) is 0 Å². The van der Waals surface area contributed by atoms with Crippen molar-refractivity contribution in [2.24, 2.45) is 5.92 Å². The van der Waals surface area contributed by atoms with Gasteiger partial charge in [-0.05, 0) is 38.1 Å². The Morgan fingerprint density at radius 1 is 1.38 bits per heavy atom. The Morgan fingerprint density at radius 3 is 2.95 bits per heavy atom. The highest BCUT2D eigenvalue weighted by Crippen LogP contribution is 2.36. The quantitative estimate of drug-likeness (QED) is 0.655. The summed E-state index contributed by atoms with van der Waals surface area (Å²) in [7, 11) is 0. The topological polar surface area (TPSA) is 84.4 Å². The molecule has 1 saturated heterocycles. The molecule has 7 heteroatoms. The number of rotatable bonds is 5. The molecule has 2 aliphatic rings. The van der Waals surface area contributed by atoms with Gasteiger partial charge >= 0.3 is 5.69 Å². The first-order valence-corrected chi connectivity index (χ1v) is 7.72. The molecule has 0 spiro atoms. The summed E-state index contributed by atoms with van der Waals surface area (Å²) in [6.45, 7) is 1.99. The van der Waals surface area contributed by atoms with E-state index in [1.54, 1.807) is 0 Å². The van der Waals surface area contributed by atoms with Crippen LogP contribution in [0.2, 0.25) is 0 Å². The Hall–Kier alpha value is -1.47. The third kappa shape index (κ3) is 3.24. The molecule has 1 aromatic rings. The van der Waals surface area contributed by atoms with Gasteiger partial charge in [-0.3, -0.25) is 19.7 Å². The lowest BCUT2D eigenvalue weighted by Crippen LogP contribution is -2.46. The van der Waals surface area contributed by atoms with Crippen molar-refractivity contribution >= 4 is 5.69 Å². The molecule has 1 saturated carbocycles. The maximum Gasteiger partial charge on any atom is 0.306 e. The number of fused-ring (bicyclic) bond motifs is 1. The predicted molar refractivity (Wildman–Crippen MR) is 76.8 cm³/mol. The van der Waals surface area contributed by atoms with E-state index in [2.05, 4.69) is 10.00 Å². The van der Waals surface area contributed by atoms with E-state index in [4.69, 9.17) is 0 Å². The number of hydrogen-bond donors (Lipinski definition) is 1. The van der Waals surface area contributed by atoms with Crippen LogP contribution in [0.15, 0.2) is 12.4 Å². The average molecular weight is 294 g/mol. The summed E-state index contributed by atoms with van der Waals surface area (Å²) in [4.78, 5) is 12.6. The fourth-order valence-corrected chi connectivity index (χ4v) is 3.87. The van der Waals surface area contributed by atoms with Crippen LogP contribution in [0.4, 0.5) is 5.69 Å². The van der Waals surface area contributed by atoms with Crippen LogP contribution in [0.3, 0.4) is 0 Å². The molecule has 21 heavy (non-hydrogen) atoms. The van der Waals surface area contributed by atoms with Gasteiger partial charge in [0.2, 0.25) is 0 Å². The highest BCUT2D eigenvalue weighted by atomic mass is 16.6. The van der Waals surface area contributed by atoms with Gasteiger partial charge in [-0.25, -0.2) is 0 Å². The largest absolute Gasteiger partial charge is 0.390 e. The van der Waals surface area contributed by atoms with Crippen molar-refractivity contribution in [3.8, 4) is 0 Å². The number of piperidine rings is 1. The first kappa shape index (κ1) is 14.5. The lowest BCUT2D eigenvalue weighted by molar-refractivity contribution is -0.385. The van der Waals surface area contributed by atoms with Gasteiger partial charge in [0.25, 0.3) is 0 Å². The molecule has 7 nitrogen and oxygen atoms in total. The molecule has 1 N–H and O–H groups in total. The van der Waals surface area contributed by atoms with Gasteiger partial charge in [0.1, 0.15) is 12.4 Å². The van der Waals surface area contributed by atoms with Crippen LogP contribution in [0.5, 0.6) is 0 Å². The molecule has 0 aromatic carbocycles. The highest BCUT2D eigenvalue weighted by Gasteiger charge is 2.35. The van der Waals surface area contributed by atoms with Crippen molar-refractivity contribution in [2.45, 2.75) is 50.8 Å². The number of likely N-dealkylation sites (tertiary alicyclic amines) is 1. The SMILES string of the molecule is O=[N+]([O-])c1cnn(CC(O)CN2CCCC3CCCC32)c1. The lowest BCUT2D eigenvalue weighted by Gasteiger charge is -2.38. The minimum atomic E-state index is -0.538. The molecule has 3 rings (SSSR count). The average Bonchev–Trinajstić information content (AvgIpc) is 3.07. The summed E-state index contributed by atoms with van der Waals surface area (Å²) >= 11 is 0. The van der Waals surface area contributed by atoms with Crippen molar-refractivity contribution in [1.82, 2.24) is 14.7 Å². The van der Waals surface area contributed by atoms with E-state index in [1.165, 1.54) is 49.2 Å². The van der Waals surface area contributed by atoms with E-state index in [-0.39, 0.29) is 5.69 Å². The molecule has 0 radical (unpaired) electrons. The molecular weight excluding hydrogens is 272 g/mol. The van der Waals surface area contributed by atoms with E-state index < -0.39 is 11.0 Å². The Bertz CT molecular complexity index is 504. The third-order valence-corrected chi connectivity index (χ3v) is 4.78. The normalized spacial score (nSPS) is 27.5. The number of nitro groups is 1. The van der Waals surface area contributed by atoms with Crippen molar-refractivity contribution in [1.29, 1.82) is 0 Å². The summed E-state index contributed by atoms with van der Waals surface area (Å²) in [5.41, 5.74) is -0.0315. The molecule has 2 heterocycles. The molecule has 2 fully saturated rings. The zero-order valence-electron chi connectivity index (χ0n) is 12.1. The standard InChI is InChI=1S/C14H22N4O3/c19-13(10-17-8-12(7-15-17)18(20)21)9-16-6-2-4-11-3-1-5-14(11)16/h7-8,11,13-14,19H,1-6,9-10H2. The van der Waals surface area contributed by atoms with Gasteiger partial charge in [0.15, 0.2) is 0 Å². The van der Waals surface area contributed by atoms with Crippen LogP contribution >= 0.6 is 0 Å². The van der Waals surface area contributed by atoms with Crippen molar-refractivity contribution in [3.05, 3.63) is 22.5 Å². The monoisotopic (exact) mass is 294 g/mol. The number of β-amino-alcohol motifs (C(OH)–C–C–N with tert-alkyl or cyclic N) is 1. The second kappa shape index (κ2) is 6.11. The number of aliphatic hydroxyl groups is 1. The lowest BCUT2D eigenvalue weighted by atomic mass is 9.92. The van der Waals surface area contributed by atoms with Gasteiger partial charge in [-0.2, -0.15) is 5.10 Å². The maximum absolute atomic E-state index is 10.6. The van der Waals surface area contributed by atoms with Crippen LogP contribution in [-0.2, 0) is 6.54 Å². The van der Waals surface area contributed by atoms with Gasteiger partial charge in [-0.1, -0.05) is 6.42 Å². The van der Waals surface area contributed by atoms with Crippen molar-refractivity contribution in [2.75, 3.05) is 13.1 Å². The fourth-order valence-electron chi connectivity index (χ4n) is 3.87. The van der Waals surface area contributed by atoms with E-state index in [0.717, 1.165) is 12.5 Å². The van der Waals surface area contributed by atoms with Crippen molar-refractivity contribution < 1.29 is 10.0 Å². The molecule has 3 atom stereocenters. The molecule has 116 valence electrons. The molecular formula is C14H22N4O3. The summed E-state index contributed by atoms with van der Waals surface area (Å²) < 4.78 is 1.46. The summed E-state index contributed by atoms with van der Waals surface area (Å²) in [5, 5.41) is 24.8. The van der Waals surface area contributed by atoms with Gasteiger partial charge in [0, 0.05) is 12.6 Å². The Morgan fingerprint density at radius 2 is 2.19 bits per heavy atom. The first-order valence-electron chi connectivity index (χ1n) is 7.72. The van der Waals surface area contributed by atoms with Gasteiger partial charge in [-0.15, -0.1) is 0 Å². The second-order valence-electron chi connectivity index (χ2n) is 6.23. The van der Waals surface area contributed by atoms with E-state index >= 15 is 0 Å². The third-order valence-electron chi connectivity index (χ3n) is 4.78.